The van der Waals surface area contributed by atoms with Crippen LogP contribution < -0.4 is 10.6 Å². The fourth-order valence-electron chi connectivity index (χ4n) is 2.33. The van der Waals surface area contributed by atoms with E-state index in [1.807, 2.05) is 6.07 Å². The fraction of sp³-hybridized carbons (Fsp3) is 0.643. The lowest BCUT2D eigenvalue weighted by atomic mass is 10.2. The minimum Gasteiger partial charge on any atom is -0.350 e. The van der Waals surface area contributed by atoms with Crippen LogP contribution in [0.25, 0.3) is 0 Å². The Labute approximate surface area is 131 Å². The van der Waals surface area contributed by atoms with Crippen molar-refractivity contribution in [1.29, 1.82) is 0 Å². The quantitative estimate of drug-likeness (QED) is 0.868. The summed E-state index contributed by atoms with van der Waals surface area (Å²) in [6, 6.07) is 2.00. The first kappa shape index (κ1) is 17.4. The number of halogens is 1. The topological polar surface area (TPSA) is 44.4 Å². The van der Waals surface area contributed by atoms with Gasteiger partial charge in [-0.25, -0.2) is 0 Å². The van der Waals surface area contributed by atoms with Gasteiger partial charge < -0.3 is 10.6 Å². The molecule has 2 N–H and O–H groups in total. The molecule has 114 valence electrons. The third-order valence-corrected chi connectivity index (χ3v) is 4.87. The van der Waals surface area contributed by atoms with Crippen molar-refractivity contribution in [2.24, 2.45) is 0 Å². The first-order valence-corrected chi connectivity index (χ1v) is 7.83. The Bertz CT molecular complexity index is 430. The van der Waals surface area contributed by atoms with Crippen LogP contribution in [-0.4, -0.2) is 50.1 Å². The summed E-state index contributed by atoms with van der Waals surface area (Å²) in [6.07, 6.45) is 1.00. The van der Waals surface area contributed by atoms with Crippen molar-refractivity contribution >= 4 is 29.7 Å². The van der Waals surface area contributed by atoms with Gasteiger partial charge in [-0.05, 0) is 25.0 Å². The average molecular weight is 318 g/mol. The van der Waals surface area contributed by atoms with Gasteiger partial charge in [-0.1, -0.05) is 6.92 Å². The Kier molecular flexibility index (Phi) is 7.51. The van der Waals surface area contributed by atoms with E-state index in [1.165, 1.54) is 10.4 Å². The lowest BCUT2D eigenvalue weighted by Gasteiger charge is -2.26. The molecule has 0 aromatic carbocycles. The summed E-state index contributed by atoms with van der Waals surface area (Å²) < 4.78 is 0. The van der Waals surface area contributed by atoms with Crippen molar-refractivity contribution in [2.45, 2.75) is 20.3 Å². The third-order valence-electron chi connectivity index (χ3n) is 3.49. The van der Waals surface area contributed by atoms with E-state index >= 15 is 0 Å². The highest BCUT2D eigenvalue weighted by Gasteiger charge is 2.12. The van der Waals surface area contributed by atoms with Crippen LogP contribution in [0.3, 0.4) is 0 Å². The molecule has 1 aliphatic rings. The van der Waals surface area contributed by atoms with Gasteiger partial charge in [0.15, 0.2) is 0 Å². The maximum atomic E-state index is 12.0. The number of nitrogens with one attached hydrogen (secondary N) is 2. The molecule has 0 bridgehead atoms. The predicted octanol–water partition coefficient (Wildman–Crippen LogP) is 1.68. The van der Waals surface area contributed by atoms with Gasteiger partial charge in [-0.2, -0.15) is 0 Å². The van der Waals surface area contributed by atoms with Crippen LogP contribution in [0.4, 0.5) is 0 Å². The minimum atomic E-state index is 0. The summed E-state index contributed by atoms with van der Waals surface area (Å²) in [5.41, 5.74) is 1.24. The second-order valence-electron chi connectivity index (χ2n) is 4.92. The van der Waals surface area contributed by atoms with Crippen molar-refractivity contribution in [3.8, 4) is 0 Å². The Hall–Kier alpha value is -0.620. The van der Waals surface area contributed by atoms with Crippen LogP contribution >= 0.6 is 23.7 Å². The van der Waals surface area contributed by atoms with Crippen molar-refractivity contribution < 1.29 is 4.79 Å². The number of carbonyl (C=O) groups is 1. The molecular formula is C14H24ClN3OS. The van der Waals surface area contributed by atoms with Crippen LogP contribution in [0, 0.1) is 6.92 Å². The zero-order valence-corrected chi connectivity index (χ0v) is 13.8. The van der Waals surface area contributed by atoms with Gasteiger partial charge in [0, 0.05) is 44.1 Å². The molecule has 0 unspecified atom stereocenters. The van der Waals surface area contributed by atoms with Gasteiger partial charge in [-0.15, -0.1) is 23.7 Å². The number of hydrogen-bond acceptors (Lipinski definition) is 4. The highest BCUT2D eigenvalue weighted by Crippen LogP contribution is 2.22. The Morgan fingerprint density at radius 3 is 2.75 bits per heavy atom. The molecular weight excluding hydrogens is 294 g/mol. The van der Waals surface area contributed by atoms with Crippen molar-refractivity contribution in [2.75, 3.05) is 39.3 Å². The third kappa shape index (κ3) is 4.74. The van der Waals surface area contributed by atoms with E-state index in [2.05, 4.69) is 29.4 Å². The number of rotatable bonds is 5. The van der Waals surface area contributed by atoms with Gasteiger partial charge in [-0.3, -0.25) is 9.69 Å². The molecule has 0 saturated carbocycles. The largest absolute Gasteiger partial charge is 0.350 e. The summed E-state index contributed by atoms with van der Waals surface area (Å²) >= 11 is 1.62. The van der Waals surface area contributed by atoms with E-state index < -0.39 is 0 Å². The van der Waals surface area contributed by atoms with E-state index in [-0.39, 0.29) is 18.3 Å². The maximum Gasteiger partial charge on any atom is 0.261 e. The molecule has 0 radical (unpaired) electrons. The molecule has 1 fully saturated rings. The number of nitrogens with zero attached hydrogens (tertiary/aromatic N) is 1. The average Bonchev–Trinajstić information content (AvgIpc) is 2.81. The number of amides is 1. The van der Waals surface area contributed by atoms with Gasteiger partial charge in [0.25, 0.3) is 5.91 Å². The second-order valence-corrected chi connectivity index (χ2v) is 6.05. The number of piperazine rings is 1. The lowest BCUT2D eigenvalue weighted by Crippen LogP contribution is -2.46. The van der Waals surface area contributed by atoms with Gasteiger partial charge >= 0.3 is 0 Å². The molecule has 1 aromatic rings. The molecule has 4 nitrogen and oxygen atoms in total. The fourth-order valence-corrected chi connectivity index (χ4v) is 3.36. The van der Waals surface area contributed by atoms with Crippen LogP contribution in [0.15, 0.2) is 6.07 Å². The molecule has 20 heavy (non-hydrogen) atoms. The van der Waals surface area contributed by atoms with E-state index in [0.717, 1.165) is 50.6 Å². The van der Waals surface area contributed by atoms with Crippen LogP contribution in [0.1, 0.15) is 27.0 Å². The van der Waals surface area contributed by atoms with E-state index in [1.54, 1.807) is 11.3 Å². The number of thiophene rings is 1. The Morgan fingerprint density at radius 1 is 1.45 bits per heavy atom. The Morgan fingerprint density at radius 2 is 2.15 bits per heavy atom. The molecule has 2 rings (SSSR count). The second kappa shape index (κ2) is 8.62. The highest BCUT2D eigenvalue weighted by molar-refractivity contribution is 7.14. The molecule has 0 aliphatic carbocycles. The summed E-state index contributed by atoms with van der Waals surface area (Å²) in [4.78, 5) is 16.6. The molecule has 0 atom stereocenters. The summed E-state index contributed by atoms with van der Waals surface area (Å²) in [6.45, 7) is 10.1. The molecule has 6 heteroatoms. The van der Waals surface area contributed by atoms with Crippen molar-refractivity contribution in [3.05, 3.63) is 21.4 Å². The van der Waals surface area contributed by atoms with Crippen LogP contribution in [-0.2, 0) is 6.42 Å². The summed E-state index contributed by atoms with van der Waals surface area (Å²) in [5, 5.41) is 6.35. The first-order chi connectivity index (χ1) is 9.20. The molecule has 1 amide bonds. The predicted molar refractivity (Wildman–Crippen MR) is 87.3 cm³/mol. The minimum absolute atomic E-state index is 0. The van der Waals surface area contributed by atoms with Gasteiger partial charge in [0.1, 0.15) is 0 Å². The van der Waals surface area contributed by atoms with Crippen LogP contribution in [0.2, 0.25) is 0 Å². The van der Waals surface area contributed by atoms with Crippen LogP contribution in [0.5, 0.6) is 0 Å². The molecule has 1 aromatic heterocycles. The van der Waals surface area contributed by atoms with Gasteiger partial charge in [0.05, 0.1) is 4.88 Å². The highest BCUT2D eigenvalue weighted by atomic mass is 35.5. The molecule has 1 aliphatic heterocycles. The zero-order valence-electron chi connectivity index (χ0n) is 12.2. The monoisotopic (exact) mass is 317 g/mol. The Balaban J connectivity index is 0.00000200. The van der Waals surface area contributed by atoms with E-state index in [0.29, 0.717) is 0 Å². The van der Waals surface area contributed by atoms with E-state index in [4.69, 9.17) is 0 Å². The molecule has 2 heterocycles. The van der Waals surface area contributed by atoms with Crippen molar-refractivity contribution in [3.63, 3.8) is 0 Å². The standard InChI is InChI=1S/C14H23N3OS.ClH/c1-3-12-11(2)10-13(19-12)14(18)16-6-9-17-7-4-15-5-8-17;/h10,15H,3-9H2,1-2H3,(H,16,18);1H. The first-order valence-electron chi connectivity index (χ1n) is 7.01. The smallest absolute Gasteiger partial charge is 0.261 e. The SMILES string of the molecule is CCc1sc(C(=O)NCCN2CCNCC2)cc1C.Cl. The van der Waals surface area contributed by atoms with Gasteiger partial charge in [0.2, 0.25) is 0 Å². The number of carbonyl (C=O) groups excluding carboxylic acids is 1. The normalized spacial score (nSPS) is 15.7. The van der Waals surface area contributed by atoms with Crippen molar-refractivity contribution in [1.82, 2.24) is 15.5 Å². The lowest BCUT2D eigenvalue weighted by molar-refractivity contribution is 0.0951. The molecule has 0 spiro atoms. The number of hydrogen-bond donors (Lipinski definition) is 2. The maximum absolute atomic E-state index is 12.0. The summed E-state index contributed by atoms with van der Waals surface area (Å²) in [7, 11) is 0. The van der Waals surface area contributed by atoms with E-state index in [9.17, 15) is 4.79 Å². The molecule has 1 saturated heterocycles. The zero-order chi connectivity index (χ0) is 13.7. The summed E-state index contributed by atoms with van der Waals surface area (Å²) in [5.74, 6) is 0.0722. The number of aryl methyl sites for hydroxylation is 2.